The average molecular weight is 269 g/mol. The van der Waals surface area contributed by atoms with Gasteiger partial charge in [0, 0.05) is 38.5 Å². The van der Waals surface area contributed by atoms with Crippen LogP contribution in [0.4, 0.5) is 0 Å². The van der Waals surface area contributed by atoms with E-state index in [-0.39, 0.29) is 5.41 Å². The first-order chi connectivity index (χ1) is 9.06. The van der Waals surface area contributed by atoms with Crippen molar-refractivity contribution in [3.63, 3.8) is 0 Å². The van der Waals surface area contributed by atoms with E-state index in [1.54, 1.807) is 13.3 Å². The van der Waals surface area contributed by atoms with Gasteiger partial charge >= 0.3 is 0 Å². The van der Waals surface area contributed by atoms with Gasteiger partial charge in [-0.2, -0.15) is 0 Å². The normalized spacial score (nSPS) is 30.9. The number of aryl methyl sites for hydroxylation is 1. The number of nitrogens with one attached hydrogen (secondary N) is 1. The lowest BCUT2D eigenvalue weighted by Gasteiger charge is -2.28. The first-order valence-corrected chi connectivity index (χ1v) is 6.58. The average Bonchev–Trinajstić information content (AvgIpc) is 2.86. The number of aliphatic hydroxyl groups excluding tert-OH is 2. The molecule has 1 fully saturated rings. The van der Waals surface area contributed by atoms with Gasteiger partial charge in [-0.3, -0.25) is 0 Å². The highest BCUT2D eigenvalue weighted by molar-refractivity contribution is 4.97. The molecule has 0 spiro atoms. The molecule has 0 aliphatic heterocycles. The number of imidazole rings is 1. The van der Waals surface area contributed by atoms with Crippen LogP contribution in [0.15, 0.2) is 12.4 Å². The van der Waals surface area contributed by atoms with Crippen molar-refractivity contribution in [1.82, 2.24) is 14.9 Å². The van der Waals surface area contributed by atoms with Crippen LogP contribution >= 0.6 is 0 Å². The van der Waals surface area contributed by atoms with Gasteiger partial charge in [0.1, 0.15) is 5.82 Å². The van der Waals surface area contributed by atoms with Crippen LogP contribution in [-0.2, 0) is 18.3 Å². The van der Waals surface area contributed by atoms with E-state index >= 15 is 0 Å². The first-order valence-electron chi connectivity index (χ1n) is 6.58. The number of nitrogens with zero attached hydrogens (tertiary/aromatic N) is 2. The molecule has 0 radical (unpaired) electrons. The third-order valence-electron chi connectivity index (χ3n) is 3.88. The van der Waals surface area contributed by atoms with Crippen LogP contribution in [0.5, 0.6) is 0 Å². The fourth-order valence-corrected chi connectivity index (χ4v) is 2.87. The highest BCUT2D eigenvalue weighted by atomic mass is 16.5. The maximum atomic E-state index is 9.74. The number of hydrogen-bond acceptors (Lipinski definition) is 5. The standard InChI is InChI=1S/C13H23N3O3/c1-16-4-3-15-12(16)7-14-8-13(9-19-2)5-10(17)11(18)6-13/h3-4,10-11,14,17-18H,5-9H2,1-2H3/t10-,11+,13?. The van der Waals surface area contributed by atoms with Crippen molar-refractivity contribution in [3.8, 4) is 0 Å². The second kappa shape index (κ2) is 6.00. The Kier molecular flexibility index (Phi) is 4.57. The van der Waals surface area contributed by atoms with Gasteiger partial charge in [0.15, 0.2) is 0 Å². The summed E-state index contributed by atoms with van der Waals surface area (Å²) in [4.78, 5) is 4.25. The topological polar surface area (TPSA) is 79.5 Å². The molecule has 108 valence electrons. The van der Waals surface area contributed by atoms with Gasteiger partial charge in [-0.25, -0.2) is 4.98 Å². The van der Waals surface area contributed by atoms with Gasteiger partial charge < -0.3 is 24.8 Å². The molecule has 0 amide bonds. The predicted octanol–water partition coefficient (Wildman–Crippen LogP) is -0.342. The van der Waals surface area contributed by atoms with E-state index < -0.39 is 12.2 Å². The Hall–Kier alpha value is -0.950. The van der Waals surface area contributed by atoms with Crippen LogP contribution < -0.4 is 5.32 Å². The second-order valence-electron chi connectivity index (χ2n) is 5.53. The molecule has 6 nitrogen and oxygen atoms in total. The summed E-state index contributed by atoms with van der Waals surface area (Å²) in [7, 11) is 3.61. The van der Waals surface area contributed by atoms with E-state index in [9.17, 15) is 10.2 Å². The molecule has 1 aliphatic rings. The molecule has 3 N–H and O–H groups in total. The van der Waals surface area contributed by atoms with Crippen molar-refractivity contribution >= 4 is 0 Å². The molecule has 6 heteroatoms. The zero-order valence-corrected chi connectivity index (χ0v) is 11.5. The SMILES string of the molecule is COCC1(CNCc2nccn2C)C[C@@H](O)[C@@H](O)C1. The number of aliphatic hydroxyl groups is 2. The molecule has 2 rings (SSSR count). The summed E-state index contributed by atoms with van der Waals surface area (Å²) in [5, 5.41) is 22.8. The molecule has 1 unspecified atom stereocenters. The summed E-state index contributed by atoms with van der Waals surface area (Å²) >= 11 is 0. The Morgan fingerprint density at radius 2 is 2.16 bits per heavy atom. The van der Waals surface area contributed by atoms with E-state index in [0.717, 1.165) is 5.82 Å². The third kappa shape index (κ3) is 3.33. The first kappa shape index (κ1) is 14.5. The Morgan fingerprint density at radius 1 is 1.47 bits per heavy atom. The number of hydrogen-bond donors (Lipinski definition) is 3. The lowest BCUT2D eigenvalue weighted by Crippen LogP contribution is -2.37. The van der Waals surface area contributed by atoms with Gasteiger partial charge in [-0.1, -0.05) is 0 Å². The fraction of sp³-hybridized carbons (Fsp3) is 0.769. The van der Waals surface area contributed by atoms with Crippen LogP contribution in [0.25, 0.3) is 0 Å². The largest absolute Gasteiger partial charge is 0.390 e. The maximum Gasteiger partial charge on any atom is 0.122 e. The van der Waals surface area contributed by atoms with E-state index in [1.165, 1.54) is 0 Å². The molecule has 19 heavy (non-hydrogen) atoms. The Labute approximate surface area is 113 Å². The molecular formula is C13H23N3O3. The Bertz CT molecular complexity index is 398. The highest BCUT2D eigenvalue weighted by Crippen LogP contribution is 2.38. The minimum Gasteiger partial charge on any atom is -0.390 e. The molecule has 1 heterocycles. The summed E-state index contributed by atoms with van der Waals surface area (Å²) in [5.74, 6) is 0.965. The monoisotopic (exact) mass is 269 g/mol. The van der Waals surface area contributed by atoms with E-state index in [1.807, 2.05) is 17.8 Å². The van der Waals surface area contributed by atoms with E-state index in [2.05, 4.69) is 10.3 Å². The van der Waals surface area contributed by atoms with Crippen molar-refractivity contribution in [1.29, 1.82) is 0 Å². The molecule has 0 aromatic carbocycles. The van der Waals surface area contributed by atoms with Crippen molar-refractivity contribution in [2.24, 2.45) is 12.5 Å². The lowest BCUT2D eigenvalue weighted by molar-refractivity contribution is 0.0438. The minimum atomic E-state index is -0.648. The molecule has 1 aromatic heterocycles. The van der Waals surface area contributed by atoms with Crippen LogP contribution in [0.2, 0.25) is 0 Å². The molecule has 1 aromatic rings. The molecule has 0 saturated heterocycles. The van der Waals surface area contributed by atoms with Gasteiger partial charge in [0.2, 0.25) is 0 Å². The molecular weight excluding hydrogens is 246 g/mol. The Balaban J connectivity index is 1.89. The van der Waals surface area contributed by atoms with Crippen LogP contribution in [0, 0.1) is 5.41 Å². The number of rotatable bonds is 6. The summed E-state index contributed by atoms with van der Waals surface area (Å²) in [6.07, 6.45) is 3.51. The van der Waals surface area contributed by atoms with Gasteiger partial charge in [0.25, 0.3) is 0 Å². The Morgan fingerprint density at radius 3 is 2.68 bits per heavy atom. The van der Waals surface area contributed by atoms with Crippen molar-refractivity contribution in [2.75, 3.05) is 20.3 Å². The smallest absolute Gasteiger partial charge is 0.122 e. The van der Waals surface area contributed by atoms with Gasteiger partial charge in [0.05, 0.1) is 25.4 Å². The lowest BCUT2D eigenvalue weighted by atomic mass is 9.86. The maximum absolute atomic E-state index is 9.74. The summed E-state index contributed by atoms with van der Waals surface area (Å²) in [6, 6.07) is 0. The van der Waals surface area contributed by atoms with Crippen molar-refractivity contribution in [3.05, 3.63) is 18.2 Å². The summed E-state index contributed by atoms with van der Waals surface area (Å²) in [6.45, 7) is 1.90. The highest BCUT2D eigenvalue weighted by Gasteiger charge is 2.43. The fourth-order valence-electron chi connectivity index (χ4n) is 2.87. The third-order valence-corrected chi connectivity index (χ3v) is 3.88. The summed E-state index contributed by atoms with van der Waals surface area (Å²) in [5.41, 5.74) is -0.196. The predicted molar refractivity (Wildman–Crippen MR) is 70.5 cm³/mol. The van der Waals surface area contributed by atoms with Crippen LogP contribution in [0.1, 0.15) is 18.7 Å². The molecule has 1 saturated carbocycles. The minimum absolute atomic E-state index is 0.196. The van der Waals surface area contributed by atoms with E-state index in [0.29, 0.717) is 32.5 Å². The quantitative estimate of drug-likeness (QED) is 0.658. The van der Waals surface area contributed by atoms with Crippen molar-refractivity contribution in [2.45, 2.75) is 31.6 Å². The molecule has 1 aliphatic carbocycles. The number of methoxy groups -OCH3 is 1. The van der Waals surface area contributed by atoms with Crippen LogP contribution in [0.3, 0.4) is 0 Å². The molecule has 3 atom stereocenters. The van der Waals surface area contributed by atoms with Crippen LogP contribution in [-0.4, -0.2) is 52.2 Å². The zero-order chi connectivity index (χ0) is 13.9. The zero-order valence-electron chi connectivity index (χ0n) is 11.5. The molecule has 0 bridgehead atoms. The van der Waals surface area contributed by atoms with E-state index in [4.69, 9.17) is 4.74 Å². The number of ether oxygens (including phenoxy) is 1. The van der Waals surface area contributed by atoms with Gasteiger partial charge in [-0.15, -0.1) is 0 Å². The second-order valence-corrected chi connectivity index (χ2v) is 5.53. The summed E-state index contributed by atoms with van der Waals surface area (Å²) < 4.78 is 7.22. The van der Waals surface area contributed by atoms with Crippen molar-refractivity contribution < 1.29 is 14.9 Å². The number of aromatic nitrogens is 2. The van der Waals surface area contributed by atoms with Gasteiger partial charge in [-0.05, 0) is 12.8 Å².